The Balaban J connectivity index is 1.53. The lowest BCUT2D eigenvalue weighted by atomic mass is 10.0. The molecule has 0 bridgehead atoms. The topological polar surface area (TPSA) is 82.6 Å². The van der Waals surface area contributed by atoms with Gasteiger partial charge in [0.2, 0.25) is 17.7 Å². The number of carbonyl (C=O) groups excluding carboxylic acids is 3. The molecule has 1 aromatic heterocycles. The van der Waals surface area contributed by atoms with Gasteiger partial charge in [-0.2, -0.15) is 0 Å². The van der Waals surface area contributed by atoms with Gasteiger partial charge in [0.05, 0.1) is 24.0 Å². The number of rotatable bonds is 3. The summed E-state index contributed by atoms with van der Waals surface area (Å²) in [5.74, 6) is -1.76. The molecule has 8 heteroatoms. The third-order valence-corrected chi connectivity index (χ3v) is 4.17. The van der Waals surface area contributed by atoms with E-state index in [1.165, 1.54) is 6.07 Å². The van der Waals surface area contributed by atoms with Crippen molar-refractivity contribution in [2.75, 3.05) is 31.1 Å². The van der Waals surface area contributed by atoms with Crippen molar-refractivity contribution >= 4 is 23.4 Å². The third-order valence-electron chi connectivity index (χ3n) is 4.17. The van der Waals surface area contributed by atoms with Crippen LogP contribution in [0.3, 0.4) is 0 Å². The average molecular weight is 320 g/mol. The van der Waals surface area contributed by atoms with Crippen LogP contribution in [0.4, 0.5) is 10.1 Å². The summed E-state index contributed by atoms with van der Waals surface area (Å²) in [6.07, 6.45) is 2.88. The van der Waals surface area contributed by atoms with Crippen molar-refractivity contribution in [1.82, 2.24) is 15.2 Å². The fourth-order valence-electron chi connectivity index (χ4n) is 2.90. The molecule has 2 saturated heterocycles. The zero-order chi connectivity index (χ0) is 16.4. The molecule has 0 spiro atoms. The fraction of sp³-hybridized carbons (Fsp3) is 0.467. The van der Waals surface area contributed by atoms with Crippen LogP contribution in [0.25, 0.3) is 0 Å². The first kappa shape index (κ1) is 15.4. The first-order valence-electron chi connectivity index (χ1n) is 7.50. The summed E-state index contributed by atoms with van der Waals surface area (Å²) < 4.78 is 13.2. The zero-order valence-corrected chi connectivity index (χ0v) is 12.5. The number of carbonyl (C=O) groups is 3. The van der Waals surface area contributed by atoms with Gasteiger partial charge in [-0.15, -0.1) is 0 Å². The number of nitrogens with zero attached hydrogens (tertiary/aromatic N) is 3. The first-order valence-corrected chi connectivity index (χ1v) is 7.50. The molecule has 1 aromatic rings. The van der Waals surface area contributed by atoms with Crippen LogP contribution in [0.15, 0.2) is 18.5 Å². The Hall–Kier alpha value is -2.51. The second-order valence-electron chi connectivity index (χ2n) is 5.75. The molecule has 122 valence electrons. The number of halogens is 1. The van der Waals surface area contributed by atoms with Gasteiger partial charge < -0.3 is 9.80 Å². The van der Waals surface area contributed by atoms with Crippen LogP contribution in [0.2, 0.25) is 0 Å². The van der Waals surface area contributed by atoms with Gasteiger partial charge in [0.15, 0.2) is 0 Å². The lowest BCUT2D eigenvalue weighted by Gasteiger charge is -2.36. The maximum absolute atomic E-state index is 13.2. The highest BCUT2D eigenvalue weighted by Crippen LogP contribution is 2.19. The highest BCUT2D eigenvalue weighted by molar-refractivity contribution is 6.04. The number of pyridine rings is 1. The predicted octanol–water partition coefficient (Wildman–Crippen LogP) is -0.0779. The largest absolute Gasteiger partial charge is 0.367 e. The minimum absolute atomic E-state index is 0.0547. The third kappa shape index (κ3) is 3.46. The summed E-state index contributed by atoms with van der Waals surface area (Å²) >= 11 is 0. The van der Waals surface area contributed by atoms with Crippen molar-refractivity contribution in [2.24, 2.45) is 5.92 Å². The van der Waals surface area contributed by atoms with E-state index >= 15 is 0 Å². The van der Waals surface area contributed by atoms with E-state index in [2.05, 4.69) is 10.3 Å². The summed E-state index contributed by atoms with van der Waals surface area (Å²) in [6.45, 7) is 2.15. The molecular weight excluding hydrogens is 303 g/mol. The fourth-order valence-corrected chi connectivity index (χ4v) is 2.90. The Bertz CT molecular complexity index is 643. The molecule has 2 aliphatic heterocycles. The highest BCUT2D eigenvalue weighted by atomic mass is 19.1. The summed E-state index contributed by atoms with van der Waals surface area (Å²) in [4.78, 5) is 42.4. The lowest BCUT2D eigenvalue weighted by molar-refractivity contribution is -0.135. The summed E-state index contributed by atoms with van der Waals surface area (Å²) in [6, 6.07) is 1.42. The average Bonchev–Trinajstić information content (AvgIpc) is 2.85. The first-order chi connectivity index (χ1) is 11.0. The Morgan fingerprint density at radius 1 is 1.26 bits per heavy atom. The second-order valence-corrected chi connectivity index (χ2v) is 5.75. The van der Waals surface area contributed by atoms with Gasteiger partial charge in [-0.1, -0.05) is 0 Å². The smallest absolute Gasteiger partial charge is 0.230 e. The van der Waals surface area contributed by atoms with Gasteiger partial charge in [-0.05, 0) is 0 Å². The molecule has 1 unspecified atom stereocenters. The molecule has 3 amide bonds. The van der Waals surface area contributed by atoms with Gasteiger partial charge in [-0.25, -0.2) is 4.39 Å². The monoisotopic (exact) mass is 320 g/mol. The van der Waals surface area contributed by atoms with E-state index in [4.69, 9.17) is 0 Å². The lowest BCUT2D eigenvalue weighted by Crippen LogP contribution is -2.49. The zero-order valence-electron chi connectivity index (χ0n) is 12.5. The molecule has 3 rings (SSSR count). The maximum Gasteiger partial charge on any atom is 0.230 e. The number of imide groups is 1. The Kier molecular flexibility index (Phi) is 4.22. The molecule has 2 aliphatic rings. The van der Waals surface area contributed by atoms with Crippen LogP contribution < -0.4 is 10.2 Å². The molecular formula is C15H17FN4O3. The molecule has 3 heterocycles. The number of amides is 3. The number of hydrogen-bond donors (Lipinski definition) is 1. The molecule has 0 aliphatic carbocycles. The second kappa shape index (κ2) is 6.31. The highest BCUT2D eigenvalue weighted by Gasteiger charge is 2.34. The van der Waals surface area contributed by atoms with Crippen LogP contribution in [-0.4, -0.2) is 53.8 Å². The van der Waals surface area contributed by atoms with Gasteiger partial charge in [0.25, 0.3) is 0 Å². The van der Waals surface area contributed by atoms with Gasteiger partial charge in [-0.3, -0.25) is 24.7 Å². The SMILES string of the molecule is O=C1CC(CC(=O)N2CCN(c3cncc(F)c3)CC2)C(=O)N1. The Labute approximate surface area is 132 Å². The molecule has 23 heavy (non-hydrogen) atoms. The van der Waals surface area contributed by atoms with Crippen molar-refractivity contribution < 1.29 is 18.8 Å². The number of piperazine rings is 1. The summed E-state index contributed by atoms with van der Waals surface area (Å²) in [5, 5.41) is 2.21. The van der Waals surface area contributed by atoms with Gasteiger partial charge in [0, 0.05) is 45.1 Å². The van der Waals surface area contributed by atoms with Crippen molar-refractivity contribution in [1.29, 1.82) is 0 Å². The number of nitrogens with one attached hydrogen (secondary N) is 1. The van der Waals surface area contributed by atoms with Crippen LogP contribution in [0.1, 0.15) is 12.8 Å². The minimum Gasteiger partial charge on any atom is -0.367 e. The summed E-state index contributed by atoms with van der Waals surface area (Å²) in [7, 11) is 0. The van der Waals surface area contributed by atoms with Gasteiger partial charge in [0.1, 0.15) is 5.82 Å². The standard InChI is InChI=1S/C15H17FN4O3/c16-11-7-12(9-17-8-11)19-1-3-20(4-2-19)14(22)6-10-5-13(21)18-15(10)23/h7-10H,1-6H2,(H,18,21,23). The molecule has 2 fully saturated rings. The quantitative estimate of drug-likeness (QED) is 0.788. The van der Waals surface area contributed by atoms with Crippen molar-refractivity contribution in [3.05, 3.63) is 24.3 Å². The normalized spacial score (nSPS) is 21.5. The van der Waals surface area contributed by atoms with Crippen LogP contribution >= 0.6 is 0 Å². The molecule has 0 radical (unpaired) electrons. The minimum atomic E-state index is -0.555. The Morgan fingerprint density at radius 2 is 2.00 bits per heavy atom. The van der Waals surface area contributed by atoms with E-state index in [0.717, 1.165) is 6.20 Å². The molecule has 7 nitrogen and oxygen atoms in total. The molecule has 0 saturated carbocycles. The number of hydrogen-bond acceptors (Lipinski definition) is 5. The van der Waals surface area contributed by atoms with Crippen molar-refractivity contribution in [3.8, 4) is 0 Å². The van der Waals surface area contributed by atoms with E-state index < -0.39 is 11.7 Å². The van der Waals surface area contributed by atoms with Crippen LogP contribution in [0, 0.1) is 11.7 Å². The van der Waals surface area contributed by atoms with Gasteiger partial charge >= 0.3 is 0 Å². The summed E-state index contributed by atoms with van der Waals surface area (Å²) in [5.41, 5.74) is 0.692. The van der Waals surface area contributed by atoms with Crippen LogP contribution in [-0.2, 0) is 14.4 Å². The number of aromatic nitrogens is 1. The molecule has 1 atom stereocenters. The van der Waals surface area contributed by atoms with Crippen LogP contribution in [0.5, 0.6) is 0 Å². The number of anilines is 1. The Morgan fingerprint density at radius 3 is 2.61 bits per heavy atom. The van der Waals surface area contributed by atoms with E-state index in [-0.39, 0.29) is 30.6 Å². The van der Waals surface area contributed by atoms with E-state index in [1.54, 1.807) is 11.1 Å². The predicted molar refractivity (Wildman–Crippen MR) is 78.9 cm³/mol. The van der Waals surface area contributed by atoms with Crippen molar-refractivity contribution in [3.63, 3.8) is 0 Å². The van der Waals surface area contributed by atoms with E-state index in [1.807, 2.05) is 4.90 Å². The maximum atomic E-state index is 13.2. The molecule has 0 aromatic carbocycles. The van der Waals surface area contributed by atoms with E-state index in [0.29, 0.717) is 31.9 Å². The molecule has 1 N–H and O–H groups in total. The van der Waals surface area contributed by atoms with E-state index in [9.17, 15) is 18.8 Å². The van der Waals surface area contributed by atoms with Crippen molar-refractivity contribution in [2.45, 2.75) is 12.8 Å².